The van der Waals surface area contributed by atoms with Gasteiger partial charge in [-0.2, -0.15) is 0 Å². The van der Waals surface area contributed by atoms with Gasteiger partial charge in [0.05, 0.1) is 0 Å². The van der Waals surface area contributed by atoms with Crippen LogP contribution in [0, 0.1) is 5.92 Å². The van der Waals surface area contributed by atoms with E-state index in [-0.39, 0.29) is 12.5 Å². The molecular weight excluding hydrogens is 200 g/mol. The average molecular weight is 218 g/mol. The van der Waals surface area contributed by atoms with Gasteiger partial charge in [0.2, 0.25) is 0 Å². The monoisotopic (exact) mass is 218 g/mol. The molecule has 86 valence electrons. The normalized spacial score (nSPS) is 19.6. The summed E-state index contributed by atoms with van der Waals surface area (Å²) in [7, 11) is 0. The number of aryl methyl sites for hydroxylation is 1. The van der Waals surface area contributed by atoms with Gasteiger partial charge in [-0.25, -0.2) is 0 Å². The maximum absolute atomic E-state index is 12.1. The van der Waals surface area contributed by atoms with Crippen molar-refractivity contribution in [3.05, 3.63) is 35.4 Å². The van der Waals surface area contributed by atoms with Crippen molar-refractivity contribution in [2.24, 2.45) is 5.92 Å². The lowest BCUT2D eigenvalue weighted by Crippen LogP contribution is -2.22. The fourth-order valence-electron chi connectivity index (χ4n) is 2.44. The first-order valence-corrected chi connectivity index (χ1v) is 6.06. The molecule has 0 aromatic heterocycles. The molecule has 0 aliphatic heterocycles. The van der Waals surface area contributed by atoms with E-state index in [1.165, 1.54) is 5.56 Å². The Labute approximate surface area is 96.3 Å². The van der Waals surface area contributed by atoms with Crippen molar-refractivity contribution >= 4 is 5.78 Å². The van der Waals surface area contributed by atoms with Crippen molar-refractivity contribution in [2.75, 3.05) is 6.61 Å². The molecule has 2 rings (SSSR count). The number of unbranched alkanes of at least 4 members (excludes halogenated alkanes) is 1. The summed E-state index contributed by atoms with van der Waals surface area (Å²) >= 11 is 0. The minimum Gasteiger partial charge on any atom is -0.396 e. The Balaban J connectivity index is 2.03. The summed E-state index contributed by atoms with van der Waals surface area (Å²) in [5, 5.41) is 8.73. The molecule has 0 fully saturated rings. The smallest absolute Gasteiger partial charge is 0.166 e. The lowest BCUT2D eigenvalue weighted by molar-refractivity contribution is 0.0891. The molecule has 0 radical (unpaired) electrons. The van der Waals surface area contributed by atoms with E-state index in [9.17, 15) is 4.79 Å². The molecule has 0 bridgehead atoms. The third kappa shape index (κ3) is 2.33. The van der Waals surface area contributed by atoms with Crippen molar-refractivity contribution in [1.29, 1.82) is 0 Å². The molecule has 0 amide bonds. The van der Waals surface area contributed by atoms with Crippen LogP contribution in [0.4, 0.5) is 0 Å². The molecule has 1 aromatic carbocycles. The van der Waals surface area contributed by atoms with Crippen LogP contribution >= 0.6 is 0 Å². The van der Waals surface area contributed by atoms with Crippen molar-refractivity contribution in [3.8, 4) is 0 Å². The zero-order valence-electron chi connectivity index (χ0n) is 9.48. The summed E-state index contributed by atoms with van der Waals surface area (Å²) in [6, 6.07) is 7.93. The molecule has 1 N–H and O–H groups in total. The molecule has 0 spiro atoms. The largest absolute Gasteiger partial charge is 0.396 e. The van der Waals surface area contributed by atoms with E-state index in [0.717, 1.165) is 37.7 Å². The zero-order valence-corrected chi connectivity index (χ0v) is 9.48. The zero-order chi connectivity index (χ0) is 11.4. The van der Waals surface area contributed by atoms with E-state index in [1.807, 2.05) is 18.2 Å². The minimum atomic E-state index is 0.182. The molecule has 1 atom stereocenters. The van der Waals surface area contributed by atoms with Gasteiger partial charge in [-0.1, -0.05) is 30.7 Å². The fourth-order valence-corrected chi connectivity index (χ4v) is 2.44. The summed E-state index contributed by atoms with van der Waals surface area (Å²) in [4.78, 5) is 12.1. The maximum atomic E-state index is 12.1. The Bertz CT molecular complexity index is 371. The van der Waals surface area contributed by atoms with Crippen molar-refractivity contribution in [1.82, 2.24) is 0 Å². The fraction of sp³-hybridized carbons (Fsp3) is 0.500. The Hall–Kier alpha value is -1.15. The van der Waals surface area contributed by atoms with Gasteiger partial charge in [0, 0.05) is 18.1 Å². The second-order valence-electron chi connectivity index (χ2n) is 4.48. The highest BCUT2D eigenvalue weighted by Gasteiger charge is 2.26. The number of carbonyl (C=O) groups excluding carboxylic acids is 1. The van der Waals surface area contributed by atoms with Gasteiger partial charge in [0.1, 0.15) is 0 Å². The average Bonchev–Trinajstić information content (AvgIpc) is 2.33. The highest BCUT2D eigenvalue weighted by molar-refractivity contribution is 6.00. The number of Topliss-reactive ketones (excluding diaryl/α,β-unsaturated/α-hetero) is 1. The topological polar surface area (TPSA) is 37.3 Å². The number of hydrogen-bond acceptors (Lipinski definition) is 2. The second-order valence-corrected chi connectivity index (χ2v) is 4.48. The van der Waals surface area contributed by atoms with Gasteiger partial charge in [-0.3, -0.25) is 4.79 Å². The Morgan fingerprint density at radius 1 is 1.25 bits per heavy atom. The Kier molecular flexibility index (Phi) is 3.73. The number of hydrogen-bond donors (Lipinski definition) is 1. The van der Waals surface area contributed by atoms with Crippen LogP contribution in [-0.2, 0) is 6.42 Å². The van der Waals surface area contributed by atoms with Crippen LogP contribution < -0.4 is 0 Å². The van der Waals surface area contributed by atoms with Crippen molar-refractivity contribution < 1.29 is 9.90 Å². The van der Waals surface area contributed by atoms with Gasteiger partial charge in [0.25, 0.3) is 0 Å². The summed E-state index contributed by atoms with van der Waals surface area (Å²) in [5.41, 5.74) is 2.12. The van der Waals surface area contributed by atoms with Crippen molar-refractivity contribution in [3.63, 3.8) is 0 Å². The highest BCUT2D eigenvalue weighted by Crippen LogP contribution is 2.28. The van der Waals surface area contributed by atoms with Crippen molar-refractivity contribution in [2.45, 2.75) is 32.1 Å². The number of rotatable bonds is 4. The number of aliphatic hydroxyl groups excluding tert-OH is 1. The van der Waals surface area contributed by atoms with Crippen LogP contribution in [0.25, 0.3) is 0 Å². The standard InChI is InChI=1S/C14H18O2/c15-10-4-3-6-12-9-8-11-5-1-2-7-13(11)14(12)16/h1-2,5,7,12,15H,3-4,6,8-10H2. The molecule has 0 heterocycles. The maximum Gasteiger partial charge on any atom is 0.166 e. The molecule has 2 nitrogen and oxygen atoms in total. The molecule has 16 heavy (non-hydrogen) atoms. The summed E-state index contributed by atoms with van der Waals surface area (Å²) < 4.78 is 0. The molecule has 1 aromatic rings. The summed E-state index contributed by atoms with van der Waals surface area (Å²) in [6.07, 6.45) is 4.68. The van der Waals surface area contributed by atoms with E-state index in [1.54, 1.807) is 0 Å². The molecular formula is C14H18O2. The van der Waals surface area contributed by atoms with Gasteiger partial charge < -0.3 is 5.11 Å². The quantitative estimate of drug-likeness (QED) is 0.789. The van der Waals surface area contributed by atoms with Gasteiger partial charge in [-0.05, 0) is 31.2 Å². The van der Waals surface area contributed by atoms with E-state index in [2.05, 4.69) is 6.07 Å². The first kappa shape index (κ1) is 11.3. The van der Waals surface area contributed by atoms with Crippen LogP contribution in [0.2, 0.25) is 0 Å². The summed E-state index contributed by atoms with van der Waals surface area (Å²) in [5.74, 6) is 0.487. The predicted octanol–water partition coefficient (Wildman–Crippen LogP) is 2.59. The van der Waals surface area contributed by atoms with Crippen LogP contribution in [0.15, 0.2) is 24.3 Å². The minimum absolute atomic E-state index is 0.182. The molecule has 2 heteroatoms. The van der Waals surface area contributed by atoms with Crippen LogP contribution in [-0.4, -0.2) is 17.5 Å². The number of aliphatic hydroxyl groups is 1. The van der Waals surface area contributed by atoms with Gasteiger partial charge in [0.15, 0.2) is 5.78 Å². The van der Waals surface area contributed by atoms with Gasteiger partial charge >= 0.3 is 0 Å². The van der Waals surface area contributed by atoms with E-state index in [4.69, 9.17) is 5.11 Å². The van der Waals surface area contributed by atoms with Crippen LogP contribution in [0.1, 0.15) is 41.6 Å². The third-order valence-electron chi connectivity index (χ3n) is 3.38. The predicted molar refractivity (Wildman–Crippen MR) is 63.5 cm³/mol. The Morgan fingerprint density at radius 2 is 2.06 bits per heavy atom. The van der Waals surface area contributed by atoms with Gasteiger partial charge in [-0.15, -0.1) is 0 Å². The first-order valence-electron chi connectivity index (χ1n) is 6.06. The lowest BCUT2D eigenvalue weighted by atomic mass is 9.80. The molecule has 1 aliphatic carbocycles. The van der Waals surface area contributed by atoms with E-state index >= 15 is 0 Å². The third-order valence-corrected chi connectivity index (χ3v) is 3.38. The van der Waals surface area contributed by atoms with E-state index in [0.29, 0.717) is 5.78 Å². The Morgan fingerprint density at radius 3 is 2.88 bits per heavy atom. The highest BCUT2D eigenvalue weighted by atomic mass is 16.2. The van der Waals surface area contributed by atoms with E-state index < -0.39 is 0 Å². The summed E-state index contributed by atoms with van der Waals surface area (Å²) in [6.45, 7) is 0.234. The SMILES string of the molecule is O=C1c2ccccc2CCC1CCCCO. The second kappa shape index (κ2) is 5.26. The number of fused-ring (bicyclic) bond motifs is 1. The molecule has 1 unspecified atom stereocenters. The number of ketones is 1. The number of benzene rings is 1. The molecule has 0 saturated carbocycles. The molecule has 0 saturated heterocycles. The first-order chi connectivity index (χ1) is 7.83. The van der Waals surface area contributed by atoms with Crippen LogP contribution in [0.3, 0.4) is 0 Å². The lowest BCUT2D eigenvalue weighted by Gasteiger charge is -2.23. The number of carbonyl (C=O) groups is 1. The van der Waals surface area contributed by atoms with Crippen LogP contribution in [0.5, 0.6) is 0 Å². The molecule has 1 aliphatic rings.